The number of nitrogens with zero attached hydrogens (tertiary/aromatic N) is 2. The summed E-state index contributed by atoms with van der Waals surface area (Å²) in [5.74, 6) is 0.819. The number of alkyl halides is 1. The monoisotopic (exact) mass is 220 g/mol. The Morgan fingerprint density at radius 2 is 2.00 bits per heavy atom. The van der Waals surface area contributed by atoms with E-state index in [-0.39, 0.29) is 0 Å². The fraction of sp³-hybridized carbons (Fsp3) is 0.250. The highest BCUT2D eigenvalue weighted by atomic mass is 19.1. The van der Waals surface area contributed by atoms with Gasteiger partial charge in [-0.15, -0.1) is 0 Å². The van der Waals surface area contributed by atoms with Gasteiger partial charge in [-0.3, -0.25) is 4.68 Å². The minimum absolute atomic E-state index is 0.302. The lowest BCUT2D eigenvalue weighted by Gasteiger charge is -2.00. The average Bonchev–Trinajstić information content (AvgIpc) is 2.78. The third-order valence-electron chi connectivity index (χ3n) is 2.37. The molecule has 0 unspecified atom stereocenters. The smallest absolute Gasteiger partial charge is 0.118 e. The standard InChI is InChI=1S/C12H13FN2O/c1-16-12-4-2-10(3-5-12)11-8-14-15(9-11)7-6-13/h2-5,8-9H,6-7H2,1H3. The lowest BCUT2D eigenvalue weighted by Crippen LogP contribution is -1.98. The molecule has 0 atom stereocenters. The molecular weight excluding hydrogens is 207 g/mol. The summed E-state index contributed by atoms with van der Waals surface area (Å²) in [5.41, 5.74) is 2.03. The topological polar surface area (TPSA) is 27.1 Å². The number of ether oxygens (including phenoxy) is 1. The van der Waals surface area contributed by atoms with Gasteiger partial charge in [-0.25, -0.2) is 4.39 Å². The molecular formula is C12H13FN2O. The zero-order valence-electron chi connectivity index (χ0n) is 9.06. The summed E-state index contributed by atoms with van der Waals surface area (Å²) in [6.45, 7) is -0.0973. The van der Waals surface area contributed by atoms with Crippen molar-refractivity contribution in [3.05, 3.63) is 36.7 Å². The molecule has 1 aromatic carbocycles. The SMILES string of the molecule is COc1ccc(-c2cnn(CCF)c2)cc1. The molecule has 0 spiro atoms. The Bertz CT molecular complexity index is 450. The van der Waals surface area contributed by atoms with E-state index in [4.69, 9.17) is 4.74 Å². The molecule has 0 N–H and O–H groups in total. The zero-order chi connectivity index (χ0) is 11.4. The van der Waals surface area contributed by atoms with E-state index in [1.807, 2.05) is 30.5 Å². The van der Waals surface area contributed by atoms with Gasteiger partial charge >= 0.3 is 0 Å². The minimum atomic E-state index is -0.399. The zero-order valence-corrected chi connectivity index (χ0v) is 9.06. The highest BCUT2D eigenvalue weighted by molar-refractivity contribution is 5.62. The van der Waals surface area contributed by atoms with Crippen LogP contribution in [-0.4, -0.2) is 23.6 Å². The van der Waals surface area contributed by atoms with Crippen LogP contribution in [0.15, 0.2) is 36.7 Å². The molecule has 16 heavy (non-hydrogen) atoms. The van der Waals surface area contributed by atoms with Gasteiger partial charge in [0, 0.05) is 11.8 Å². The van der Waals surface area contributed by atoms with Gasteiger partial charge in [0.1, 0.15) is 12.4 Å². The molecule has 0 aliphatic rings. The van der Waals surface area contributed by atoms with Crippen LogP contribution in [0, 0.1) is 0 Å². The number of methoxy groups -OCH3 is 1. The molecule has 2 aromatic rings. The molecule has 0 saturated carbocycles. The largest absolute Gasteiger partial charge is 0.497 e. The van der Waals surface area contributed by atoms with Gasteiger partial charge < -0.3 is 4.74 Å². The maximum Gasteiger partial charge on any atom is 0.118 e. The van der Waals surface area contributed by atoms with Crippen LogP contribution in [0.25, 0.3) is 11.1 Å². The number of aromatic nitrogens is 2. The second kappa shape index (κ2) is 4.79. The van der Waals surface area contributed by atoms with Gasteiger partial charge in [0.2, 0.25) is 0 Å². The summed E-state index contributed by atoms with van der Waals surface area (Å²) in [7, 11) is 1.63. The molecule has 0 aliphatic heterocycles. The van der Waals surface area contributed by atoms with Crippen molar-refractivity contribution >= 4 is 0 Å². The maximum absolute atomic E-state index is 12.1. The maximum atomic E-state index is 12.1. The van der Waals surface area contributed by atoms with Gasteiger partial charge in [-0.2, -0.15) is 5.10 Å². The molecule has 4 heteroatoms. The van der Waals surface area contributed by atoms with E-state index in [1.54, 1.807) is 18.0 Å². The van der Waals surface area contributed by atoms with Crippen molar-refractivity contribution in [2.45, 2.75) is 6.54 Å². The summed E-state index contributed by atoms with van der Waals surface area (Å²) in [4.78, 5) is 0. The van der Waals surface area contributed by atoms with Crippen molar-refractivity contribution in [2.75, 3.05) is 13.8 Å². The summed E-state index contributed by atoms with van der Waals surface area (Å²) in [5, 5.41) is 4.07. The summed E-state index contributed by atoms with van der Waals surface area (Å²) < 4.78 is 18.8. The molecule has 3 nitrogen and oxygen atoms in total. The lowest BCUT2D eigenvalue weighted by molar-refractivity contribution is 0.415. The van der Waals surface area contributed by atoms with Gasteiger partial charge in [0.05, 0.1) is 19.9 Å². The normalized spacial score (nSPS) is 10.4. The fourth-order valence-corrected chi connectivity index (χ4v) is 1.50. The van der Waals surface area contributed by atoms with E-state index in [0.29, 0.717) is 6.54 Å². The molecule has 0 amide bonds. The summed E-state index contributed by atoms with van der Waals surface area (Å²) in [6, 6.07) is 7.69. The quantitative estimate of drug-likeness (QED) is 0.791. The van der Waals surface area contributed by atoms with E-state index in [9.17, 15) is 4.39 Å². The van der Waals surface area contributed by atoms with E-state index >= 15 is 0 Å². The van der Waals surface area contributed by atoms with Crippen LogP contribution >= 0.6 is 0 Å². The molecule has 1 heterocycles. The van der Waals surface area contributed by atoms with Crippen LogP contribution in [-0.2, 0) is 6.54 Å². The Labute approximate surface area is 93.5 Å². The molecule has 0 saturated heterocycles. The molecule has 84 valence electrons. The molecule has 2 rings (SSSR count). The van der Waals surface area contributed by atoms with E-state index < -0.39 is 6.67 Å². The van der Waals surface area contributed by atoms with Gasteiger partial charge in [-0.05, 0) is 17.7 Å². The number of halogens is 1. The number of hydrogen-bond donors (Lipinski definition) is 0. The highest BCUT2D eigenvalue weighted by Crippen LogP contribution is 2.21. The van der Waals surface area contributed by atoms with Gasteiger partial charge in [0.25, 0.3) is 0 Å². The third-order valence-corrected chi connectivity index (χ3v) is 2.37. The van der Waals surface area contributed by atoms with Crippen LogP contribution in [0.1, 0.15) is 0 Å². The lowest BCUT2D eigenvalue weighted by atomic mass is 10.1. The Hall–Kier alpha value is -1.84. The van der Waals surface area contributed by atoms with Crippen LogP contribution in [0.5, 0.6) is 5.75 Å². The van der Waals surface area contributed by atoms with Crippen molar-refractivity contribution in [2.24, 2.45) is 0 Å². The first-order valence-electron chi connectivity index (χ1n) is 5.06. The highest BCUT2D eigenvalue weighted by Gasteiger charge is 2.01. The predicted octanol–water partition coefficient (Wildman–Crippen LogP) is 2.53. The second-order valence-corrected chi connectivity index (χ2v) is 3.41. The number of aryl methyl sites for hydroxylation is 1. The van der Waals surface area contributed by atoms with Crippen LogP contribution < -0.4 is 4.74 Å². The van der Waals surface area contributed by atoms with Crippen molar-refractivity contribution in [3.8, 4) is 16.9 Å². The van der Waals surface area contributed by atoms with Gasteiger partial charge in [-0.1, -0.05) is 12.1 Å². The first-order valence-corrected chi connectivity index (χ1v) is 5.06. The van der Waals surface area contributed by atoms with Crippen LogP contribution in [0.4, 0.5) is 4.39 Å². The Morgan fingerprint density at radius 3 is 2.62 bits per heavy atom. The number of benzene rings is 1. The minimum Gasteiger partial charge on any atom is -0.497 e. The molecule has 0 radical (unpaired) electrons. The molecule has 0 fully saturated rings. The number of hydrogen-bond acceptors (Lipinski definition) is 2. The van der Waals surface area contributed by atoms with Crippen LogP contribution in [0.3, 0.4) is 0 Å². The molecule has 1 aromatic heterocycles. The van der Waals surface area contributed by atoms with E-state index in [2.05, 4.69) is 5.10 Å². The van der Waals surface area contributed by atoms with Crippen LogP contribution in [0.2, 0.25) is 0 Å². The van der Waals surface area contributed by atoms with Crippen molar-refractivity contribution < 1.29 is 9.13 Å². The Balaban J connectivity index is 2.21. The number of rotatable bonds is 4. The summed E-state index contributed by atoms with van der Waals surface area (Å²) >= 11 is 0. The van der Waals surface area contributed by atoms with Crippen molar-refractivity contribution in [3.63, 3.8) is 0 Å². The van der Waals surface area contributed by atoms with E-state index in [1.165, 1.54) is 0 Å². The molecule has 0 aliphatic carbocycles. The first-order chi connectivity index (χ1) is 7.83. The third kappa shape index (κ3) is 2.21. The first kappa shape index (κ1) is 10.7. The Morgan fingerprint density at radius 1 is 1.25 bits per heavy atom. The van der Waals surface area contributed by atoms with Gasteiger partial charge in [0.15, 0.2) is 0 Å². The second-order valence-electron chi connectivity index (χ2n) is 3.41. The van der Waals surface area contributed by atoms with E-state index in [0.717, 1.165) is 16.9 Å². The average molecular weight is 220 g/mol. The molecule has 0 bridgehead atoms. The van der Waals surface area contributed by atoms with Crippen molar-refractivity contribution in [1.29, 1.82) is 0 Å². The van der Waals surface area contributed by atoms with Crippen molar-refractivity contribution in [1.82, 2.24) is 9.78 Å². The predicted molar refractivity (Wildman–Crippen MR) is 60.2 cm³/mol. The Kier molecular flexibility index (Phi) is 3.19. The fourth-order valence-electron chi connectivity index (χ4n) is 1.50. The summed E-state index contributed by atoms with van der Waals surface area (Å²) in [6.07, 6.45) is 3.57.